The summed E-state index contributed by atoms with van der Waals surface area (Å²) in [6.45, 7) is 3.60. The Hall–Kier alpha value is -3.86. The van der Waals surface area contributed by atoms with Crippen LogP contribution in [0.4, 0.5) is 0 Å². The minimum atomic E-state index is -0.181. The second-order valence-corrected chi connectivity index (χ2v) is 7.53. The largest absolute Gasteiger partial charge is 0.496 e. The van der Waals surface area contributed by atoms with Crippen LogP contribution in [0.5, 0.6) is 5.75 Å². The van der Waals surface area contributed by atoms with Gasteiger partial charge in [-0.25, -0.2) is 0 Å². The summed E-state index contributed by atoms with van der Waals surface area (Å²) in [5, 5.41) is 4.24. The van der Waals surface area contributed by atoms with E-state index in [1.807, 2.05) is 37.3 Å². The van der Waals surface area contributed by atoms with Gasteiger partial charge in [0.15, 0.2) is 5.76 Å². The molecule has 0 spiro atoms. The number of rotatable bonds is 5. The highest BCUT2D eigenvalue weighted by atomic mass is 16.5. The highest BCUT2D eigenvalue weighted by Gasteiger charge is 2.22. The Morgan fingerprint density at radius 3 is 2.61 bits per heavy atom. The van der Waals surface area contributed by atoms with Gasteiger partial charge in [0.05, 0.1) is 19.2 Å². The summed E-state index contributed by atoms with van der Waals surface area (Å²) in [7, 11) is 1.56. The second kappa shape index (κ2) is 7.76. The SMILES string of the molecule is COc1ccccc1C(=O)c1oc2cc(-c3cccc(C4=NCCN4)c3)ccc2c1C. The fourth-order valence-corrected chi connectivity index (χ4v) is 4.01. The molecular weight excluding hydrogens is 388 g/mol. The van der Waals surface area contributed by atoms with Crippen molar-refractivity contribution in [2.45, 2.75) is 6.92 Å². The number of amidine groups is 1. The molecule has 5 nitrogen and oxygen atoms in total. The first-order valence-electron chi connectivity index (χ1n) is 10.3. The molecule has 5 rings (SSSR count). The van der Waals surface area contributed by atoms with Crippen molar-refractivity contribution in [1.82, 2.24) is 5.32 Å². The van der Waals surface area contributed by atoms with Crippen LogP contribution in [0.3, 0.4) is 0 Å². The lowest BCUT2D eigenvalue weighted by Gasteiger charge is -2.06. The number of ketones is 1. The van der Waals surface area contributed by atoms with Crippen molar-refractivity contribution in [2.75, 3.05) is 20.2 Å². The third-order valence-electron chi connectivity index (χ3n) is 5.64. The molecule has 0 atom stereocenters. The van der Waals surface area contributed by atoms with Crippen LogP contribution in [-0.2, 0) is 0 Å². The minimum Gasteiger partial charge on any atom is -0.496 e. The zero-order chi connectivity index (χ0) is 21.4. The molecule has 0 saturated carbocycles. The number of methoxy groups -OCH3 is 1. The molecule has 0 aliphatic carbocycles. The molecule has 31 heavy (non-hydrogen) atoms. The number of hydrogen-bond donors (Lipinski definition) is 1. The van der Waals surface area contributed by atoms with Gasteiger partial charge in [0, 0.05) is 23.1 Å². The number of carbonyl (C=O) groups is 1. The maximum absolute atomic E-state index is 13.2. The number of furan rings is 1. The van der Waals surface area contributed by atoms with Gasteiger partial charge >= 0.3 is 0 Å². The predicted octanol–water partition coefficient (Wildman–Crippen LogP) is 5.00. The third-order valence-corrected chi connectivity index (χ3v) is 5.64. The van der Waals surface area contributed by atoms with Crippen LogP contribution >= 0.6 is 0 Å². The standard InChI is InChI=1S/C26H22N2O3/c1-16-20-11-10-18(17-6-5-7-19(14-17)26-27-12-13-28-26)15-23(20)31-25(16)24(29)21-8-3-4-9-22(21)30-2/h3-11,14-15H,12-13H2,1-2H3,(H,27,28). The van der Waals surface area contributed by atoms with Gasteiger partial charge in [-0.15, -0.1) is 0 Å². The van der Waals surface area contributed by atoms with E-state index in [0.29, 0.717) is 22.7 Å². The van der Waals surface area contributed by atoms with Crippen LogP contribution in [0.25, 0.3) is 22.1 Å². The number of nitrogens with one attached hydrogen (secondary N) is 1. The normalized spacial score (nSPS) is 13.2. The Balaban J connectivity index is 1.55. The van der Waals surface area contributed by atoms with Gasteiger partial charge in [-0.2, -0.15) is 0 Å². The van der Waals surface area contributed by atoms with Gasteiger partial charge in [-0.05, 0) is 42.3 Å². The Kier molecular flexibility index (Phi) is 4.79. The topological polar surface area (TPSA) is 63.8 Å². The molecule has 0 radical (unpaired) electrons. The summed E-state index contributed by atoms with van der Waals surface area (Å²) >= 11 is 0. The summed E-state index contributed by atoms with van der Waals surface area (Å²) in [6.07, 6.45) is 0. The van der Waals surface area contributed by atoms with Gasteiger partial charge < -0.3 is 14.5 Å². The second-order valence-electron chi connectivity index (χ2n) is 7.53. The zero-order valence-electron chi connectivity index (χ0n) is 17.4. The van der Waals surface area contributed by atoms with E-state index in [1.165, 1.54) is 0 Å². The van der Waals surface area contributed by atoms with Crippen LogP contribution in [0.2, 0.25) is 0 Å². The lowest BCUT2D eigenvalue weighted by molar-refractivity contribution is 0.101. The Morgan fingerprint density at radius 1 is 1.00 bits per heavy atom. The smallest absolute Gasteiger partial charge is 0.232 e. The van der Waals surface area contributed by atoms with Gasteiger partial charge in [-0.1, -0.05) is 42.5 Å². The number of carbonyl (C=O) groups excluding carboxylic acids is 1. The van der Waals surface area contributed by atoms with E-state index < -0.39 is 0 Å². The molecule has 1 aliphatic rings. The fraction of sp³-hybridized carbons (Fsp3) is 0.154. The summed E-state index contributed by atoms with van der Waals surface area (Å²) in [5.41, 5.74) is 5.17. The predicted molar refractivity (Wildman–Crippen MR) is 122 cm³/mol. The van der Waals surface area contributed by atoms with Crippen LogP contribution in [0, 0.1) is 6.92 Å². The molecule has 4 aromatic rings. The molecule has 154 valence electrons. The molecule has 0 amide bonds. The lowest BCUT2D eigenvalue weighted by Crippen LogP contribution is -2.19. The number of aliphatic imine (C=N–C) groups is 1. The third kappa shape index (κ3) is 3.38. The molecule has 0 saturated heterocycles. The number of nitrogens with zero attached hydrogens (tertiary/aromatic N) is 1. The molecule has 1 aromatic heterocycles. The Morgan fingerprint density at radius 2 is 1.81 bits per heavy atom. The molecule has 3 aromatic carbocycles. The van der Waals surface area contributed by atoms with Crippen molar-refractivity contribution in [3.63, 3.8) is 0 Å². The van der Waals surface area contributed by atoms with Crippen molar-refractivity contribution in [3.8, 4) is 16.9 Å². The highest BCUT2D eigenvalue weighted by molar-refractivity contribution is 6.12. The van der Waals surface area contributed by atoms with Crippen molar-refractivity contribution in [3.05, 3.63) is 89.2 Å². The molecule has 2 heterocycles. The quantitative estimate of drug-likeness (QED) is 0.471. The van der Waals surface area contributed by atoms with E-state index in [0.717, 1.165) is 46.6 Å². The molecular formula is C26H22N2O3. The number of para-hydroxylation sites is 1. The van der Waals surface area contributed by atoms with E-state index in [-0.39, 0.29) is 5.78 Å². The highest BCUT2D eigenvalue weighted by Crippen LogP contribution is 2.32. The van der Waals surface area contributed by atoms with Crippen molar-refractivity contribution in [2.24, 2.45) is 4.99 Å². The summed E-state index contributed by atoms with van der Waals surface area (Å²) < 4.78 is 11.4. The average Bonchev–Trinajstić information content (AvgIpc) is 3.47. The minimum absolute atomic E-state index is 0.181. The Labute approximate surface area is 180 Å². The Bertz CT molecular complexity index is 1330. The van der Waals surface area contributed by atoms with E-state index >= 15 is 0 Å². The summed E-state index contributed by atoms with van der Waals surface area (Å²) in [6, 6.07) is 21.5. The first-order valence-corrected chi connectivity index (χ1v) is 10.3. The molecule has 0 unspecified atom stereocenters. The van der Waals surface area contributed by atoms with Crippen LogP contribution in [0.15, 0.2) is 76.1 Å². The van der Waals surface area contributed by atoms with E-state index in [2.05, 4.69) is 34.6 Å². The number of hydrogen-bond acceptors (Lipinski definition) is 5. The average molecular weight is 410 g/mol. The number of benzene rings is 3. The fourth-order valence-electron chi connectivity index (χ4n) is 4.01. The summed E-state index contributed by atoms with van der Waals surface area (Å²) in [4.78, 5) is 17.7. The van der Waals surface area contributed by atoms with Gasteiger partial charge in [0.25, 0.3) is 0 Å². The van der Waals surface area contributed by atoms with Crippen LogP contribution in [0.1, 0.15) is 27.2 Å². The van der Waals surface area contributed by atoms with Gasteiger partial charge in [0.2, 0.25) is 5.78 Å². The monoisotopic (exact) mass is 410 g/mol. The molecule has 0 bridgehead atoms. The summed E-state index contributed by atoms with van der Waals surface area (Å²) in [5.74, 6) is 1.63. The van der Waals surface area contributed by atoms with Crippen LogP contribution < -0.4 is 10.1 Å². The maximum Gasteiger partial charge on any atom is 0.232 e. The van der Waals surface area contributed by atoms with E-state index in [4.69, 9.17) is 9.15 Å². The van der Waals surface area contributed by atoms with Crippen molar-refractivity contribution >= 4 is 22.6 Å². The maximum atomic E-state index is 13.2. The number of aryl methyl sites for hydroxylation is 1. The molecule has 1 N–H and O–H groups in total. The number of ether oxygens (including phenoxy) is 1. The number of fused-ring (bicyclic) bond motifs is 1. The van der Waals surface area contributed by atoms with Crippen LogP contribution in [-0.4, -0.2) is 31.8 Å². The first-order chi connectivity index (χ1) is 15.2. The van der Waals surface area contributed by atoms with Gasteiger partial charge in [0.1, 0.15) is 17.2 Å². The molecule has 5 heteroatoms. The molecule has 1 aliphatic heterocycles. The van der Waals surface area contributed by atoms with Gasteiger partial charge in [-0.3, -0.25) is 9.79 Å². The van der Waals surface area contributed by atoms with E-state index in [9.17, 15) is 4.79 Å². The van der Waals surface area contributed by atoms with Crippen molar-refractivity contribution < 1.29 is 13.9 Å². The molecule has 0 fully saturated rings. The van der Waals surface area contributed by atoms with E-state index in [1.54, 1.807) is 19.2 Å². The first kappa shape index (κ1) is 19.1. The van der Waals surface area contributed by atoms with Crippen molar-refractivity contribution in [1.29, 1.82) is 0 Å². The zero-order valence-corrected chi connectivity index (χ0v) is 17.4. The lowest BCUT2D eigenvalue weighted by atomic mass is 10.00.